The minimum Gasteiger partial charge on any atom is -0.490 e. The quantitative estimate of drug-likeness (QED) is 0.853. The number of hydrogen-bond donors (Lipinski definition) is 1. The Labute approximate surface area is 101 Å². The number of nitrogens with one attached hydrogen (secondary N) is 1. The zero-order valence-corrected chi connectivity index (χ0v) is 9.89. The predicted molar refractivity (Wildman–Crippen MR) is 69.2 cm³/mol. The Morgan fingerprint density at radius 2 is 1.94 bits per heavy atom. The lowest BCUT2D eigenvalue weighted by Crippen LogP contribution is -2.04. The summed E-state index contributed by atoms with van der Waals surface area (Å²) in [5.41, 5.74) is 1.22. The van der Waals surface area contributed by atoms with Gasteiger partial charge < -0.3 is 10.1 Å². The maximum absolute atomic E-state index is 5.50. The maximum atomic E-state index is 5.50. The van der Waals surface area contributed by atoms with E-state index in [-0.39, 0.29) is 0 Å². The summed E-state index contributed by atoms with van der Waals surface area (Å²) in [6.07, 6.45) is 1.76. The molecule has 0 fully saturated rings. The van der Waals surface area contributed by atoms with Crippen LogP contribution in [0.4, 0.5) is 5.82 Å². The van der Waals surface area contributed by atoms with Crippen molar-refractivity contribution >= 4 is 5.82 Å². The van der Waals surface area contributed by atoms with Gasteiger partial charge >= 0.3 is 0 Å². The van der Waals surface area contributed by atoms with Crippen LogP contribution >= 0.6 is 0 Å². The molecule has 2 rings (SSSR count). The zero-order valence-electron chi connectivity index (χ0n) is 9.89. The van der Waals surface area contributed by atoms with E-state index in [0.29, 0.717) is 6.61 Å². The highest BCUT2D eigenvalue weighted by Crippen LogP contribution is 2.21. The van der Waals surface area contributed by atoms with Crippen LogP contribution in [0.5, 0.6) is 5.75 Å². The normalized spacial score (nSPS) is 9.94. The molecule has 17 heavy (non-hydrogen) atoms. The molecule has 88 valence electrons. The van der Waals surface area contributed by atoms with Crippen molar-refractivity contribution in [3.8, 4) is 5.75 Å². The summed E-state index contributed by atoms with van der Waals surface area (Å²) in [6, 6.07) is 14.0. The molecule has 1 N–H and O–H groups in total. The lowest BCUT2D eigenvalue weighted by atomic mass is 10.2. The molecule has 0 atom stereocenters. The van der Waals surface area contributed by atoms with E-state index in [0.717, 1.165) is 18.1 Å². The first-order chi connectivity index (χ1) is 8.40. The Bertz CT molecular complexity index is 457. The molecule has 0 saturated carbocycles. The summed E-state index contributed by atoms with van der Waals surface area (Å²) in [5, 5.41) is 3.28. The topological polar surface area (TPSA) is 34.1 Å². The largest absolute Gasteiger partial charge is 0.490 e. The highest BCUT2D eigenvalue weighted by molar-refractivity contribution is 5.49. The number of pyridine rings is 1. The molecule has 0 aliphatic heterocycles. The van der Waals surface area contributed by atoms with Crippen molar-refractivity contribution in [3.05, 3.63) is 54.2 Å². The number of anilines is 1. The first-order valence-electron chi connectivity index (χ1n) is 5.75. The molecule has 2 aromatic rings. The van der Waals surface area contributed by atoms with E-state index in [9.17, 15) is 0 Å². The molecule has 0 amide bonds. The number of hydrogen-bond acceptors (Lipinski definition) is 3. The van der Waals surface area contributed by atoms with Crippen LogP contribution in [0.25, 0.3) is 0 Å². The predicted octanol–water partition coefficient (Wildman–Crippen LogP) is 3.09. The Kier molecular flexibility index (Phi) is 3.97. The van der Waals surface area contributed by atoms with E-state index in [1.165, 1.54) is 5.56 Å². The smallest absolute Gasteiger partial charge is 0.169 e. The lowest BCUT2D eigenvalue weighted by Gasteiger charge is -2.10. The standard InChI is InChI=1S/C14H16N2O/c1-2-17-13-9-6-10-15-14(13)16-11-12-7-4-3-5-8-12/h3-10H,2,11H2,1H3,(H,15,16). The molecule has 0 unspecified atom stereocenters. The highest BCUT2D eigenvalue weighted by atomic mass is 16.5. The van der Waals surface area contributed by atoms with Gasteiger partial charge in [0.25, 0.3) is 0 Å². The number of ether oxygens (including phenoxy) is 1. The van der Waals surface area contributed by atoms with Crippen molar-refractivity contribution in [2.24, 2.45) is 0 Å². The fourth-order valence-electron chi connectivity index (χ4n) is 1.58. The summed E-state index contributed by atoms with van der Waals surface area (Å²) < 4.78 is 5.50. The van der Waals surface area contributed by atoms with Crippen molar-refractivity contribution in [2.75, 3.05) is 11.9 Å². The Hall–Kier alpha value is -2.03. The number of aromatic nitrogens is 1. The van der Waals surface area contributed by atoms with Crippen LogP contribution < -0.4 is 10.1 Å². The molecule has 3 nitrogen and oxygen atoms in total. The van der Waals surface area contributed by atoms with E-state index in [4.69, 9.17) is 4.74 Å². The fourth-order valence-corrected chi connectivity index (χ4v) is 1.58. The molecule has 0 aliphatic rings. The Balaban J connectivity index is 2.03. The van der Waals surface area contributed by atoms with Gasteiger partial charge in [-0.1, -0.05) is 30.3 Å². The molecular formula is C14H16N2O. The monoisotopic (exact) mass is 228 g/mol. The van der Waals surface area contributed by atoms with Gasteiger partial charge in [-0.3, -0.25) is 0 Å². The fraction of sp³-hybridized carbons (Fsp3) is 0.214. The SMILES string of the molecule is CCOc1cccnc1NCc1ccccc1. The molecule has 0 spiro atoms. The van der Waals surface area contributed by atoms with E-state index in [1.54, 1.807) is 6.20 Å². The van der Waals surface area contributed by atoms with Crippen molar-refractivity contribution in [2.45, 2.75) is 13.5 Å². The van der Waals surface area contributed by atoms with E-state index in [1.807, 2.05) is 37.3 Å². The average molecular weight is 228 g/mol. The van der Waals surface area contributed by atoms with E-state index in [2.05, 4.69) is 22.4 Å². The van der Waals surface area contributed by atoms with Crippen molar-refractivity contribution in [1.29, 1.82) is 0 Å². The van der Waals surface area contributed by atoms with Gasteiger partial charge in [0, 0.05) is 12.7 Å². The summed E-state index contributed by atoms with van der Waals surface area (Å²) in [7, 11) is 0. The molecule has 1 aromatic carbocycles. The van der Waals surface area contributed by atoms with Crippen LogP contribution in [0.3, 0.4) is 0 Å². The van der Waals surface area contributed by atoms with Gasteiger partial charge in [-0.25, -0.2) is 4.98 Å². The second-order valence-corrected chi connectivity index (χ2v) is 3.62. The van der Waals surface area contributed by atoms with Crippen molar-refractivity contribution in [3.63, 3.8) is 0 Å². The Morgan fingerprint density at radius 1 is 1.12 bits per heavy atom. The third-order valence-corrected chi connectivity index (χ3v) is 2.37. The van der Waals surface area contributed by atoms with Crippen LogP contribution in [-0.2, 0) is 6.54 Å². The van der Waals surface area contributed by atoms with Gasteiger partial charge in [-0.05, 0) is 24.6 Å². The van der Waals surface area contributed by atoms with Crippen molar-refractivity contribution in [1.82, 2.24) is 4.98 Å². The molecule has 0 bridgehead atoms. The average Bonchev–Trinajstić information content (AvgIpc) is 2.39. The number of rotatable bonds is 5. The minimum atomic E-state index is 0.645. The Morgan fingerprint density at radius 3 is 2.71 bits per heavy atom. The van der Waals surface area contributed by atoms with Gasteiger partial charge in [-0.15, -0.1) is 0 Å². The van der Waals surface area contributed by atoms with Crippen LogP contribution in [-0.4, -0.2) is 11.6 Å². The van der Waals surface area contributed by atoms with Crippen LogP contribution in [0, 0.1) is 0 Å². The molecular weight excluding hydrogens is 212 g/mol. The number of nitrogens with zero attached hydrogens (tertiary/aromatic N) is 1. The highest BCUT2D eigenvalue weighted by Gasteiger charge is 2.02. The summed E-state index contributed by atoms with van der Waals surface area (Å²) >= 11 is 0. The van der Waals surface area contributed by atoms with Gasteiger partial charge in [0.2, 0.25) is 0 Å². The van der Waals surface area contributed by atoms with Gasteiger partial charge in [0.1, 0.15) is 0 Å². The second kappa shape index (κ2) is 5.89. The molecule has 0 saturated heterocycles. The van der Waals surface area contributed by atoms with Crippen LogP contribution in [0.1, 0.15) is 12.5 Å². The minimum absolute atomic E-state index is 0.645. The summed E-state index contributed by atoms with van der Waals surface area (Å²) in [4.78, 5) is 4.28. The third-order valence-electron chi connectivity index (χ3n) is 2.37. The molecule has 1 aromatic heterocycles. The third kappa shape index (κ3) is 3.21. The first kappa shape index (κ1) is 11.5. The zero-order chi connectivity index (χ0) is 11.9. The molecule has 0 aliphatic carbocycles. The van der Waals surface area contributed by atoms with Gasteiger partial charge in [0.05, 0.1) is 6.61 Å². The van der Waals surface area contributed by atoms with Crippen LogP contribution in [0.15, 0.2) is 48.7 Å². The molecule has 3 heteroatoms. The van der Waals surface area contributed by atoms with Gasteiger partial charge in [-0.2, -0.15) is 0 Å². The maximum Gasteiger partial charge on any atom is 0.169 e. The van der Waals surface area contributed by atoms with E-state index >= 15 is 0 Å². The van der Waals surface area contributed by atoms with Gasteiger partial charge in [0.15, 0.2) is 11.6 Å². The van der Waals surface area contributed by atoms with E-state index < -0.39 is 0 Å². The second-order valence-electron chi connectivity index (χ2n) is 3.62. The summed E-state index contributed by atoms with van der Waals surface area (Å²) in [6.45, 7) is 3.36. The lowest BCUT2D eigenvalue weighted by molar-refractivity contribution is 0.340. The van der Waals surface area contributed by atoms with Crippen molar-refractivity contribution < 1.29 is 4.74 Å². The molecule has 0 radical (unpaired) electrons. The number of benzene rings is 1. The van der Waals surface area contributed by atoms with Crippen LogP contribution in [0.2, 0.25) is 0 Å². The molecule has 1 heterocycles. The summed E-state index contributed by atoms with van der Waals surface area (Å²) in [5.74, 6) is 1.59. The first-order valence-corrected chi connectivity index (χ1v) is 5.75.